The smallest absolute Gasteiger partial charge is 0.0443 e. The van der Waals surface area contributed by atoms with Gasteiger partial charge in [0.1, 0.15) is 0 Å². The summed E-state index contributed by atoms with van der Waals surface area (Å²) in [5.74, 6) is 0.968. The zero-order valence-electron chi connectivity index (χ0n) is 7.11. The Morgan fingerprint density at radius 3 is 2.11 bits per heavy atom. The van der Waals surface area contributed by atoms with Crippen molar-refractivity contribution in [2.24, 2.45) is 5.92 Å². The average molecular weight is 128 g/mol. The van der Waals surface area contributed by atoms with Gasteiger partial charge in [-0.1, -0.05) is 52.9 Å². The summed E-state index contributed by atoms with van der Waals surface area (Å²) in [7, 11) is 0. The Morgan fingerprint density at radius 2 is 1.67 bits per heavy atom. The van der Waals surface area contributed by atoms with E-state index >= 15 is 0 Å². The Balaban J connectivity index is 2.95. The van der Waals surface area contributed by atoms with E-state index in [1.165, 1.54) is 32.1 Å². The normalized spacial score (nSPS) is 13.7. The van der Waals surface area contributed by atoms with Crippen molar-refractivity contribution in [3.05, 3.63) is 0 Å². The van der Waals surface area contributed by atoms with Crippen LogP contribution in [0.3, 0.4) is 0 Å². The molecule has 0 amide bonds. The van der Waals surface area contributed by atoms with Crippen molar-refractivity contribution in [1.82, 2.24) is 0 Å². The lowest BCUT2D eigenvalue weighted by molar-refractivity contribution is 0.466. The zero-order chi connectivity index (χ0) is 7.11. The molecule has 9 heavy (non-hydrogen) atoms. The molecule has 0 aliphatic heterocycles. The van der Waals surface area contributed by atoms with Gasteiger partial charge in [0.25, 0.3) is 0 Å². The lowest BCUT2D eigenvalue weighted by Crippen LogP contribution is -1.92. The monoisotopic (exact) mass is 128 g/mol. The highest BCUT2D eigenvalue weighted by molar-refractivity contribution is 4.50. The maximum Gasteiger partial charge on any atom is -0.0443 e. The fourth-order valence-electron chi connectivity index (χ4n) is 1.19. The molecule has 0 saturated heterocycles. The van der Waals surface area contributed by atoms with Crippen LogP contribution in [0.5, 0.6) is 0 Å². The minimum absolute atomic E-state index is 0.968. The van der Waals surface area contributed by atoms with Crippen LogP contribution in [-0.2, 0) is 0 Å². The average Bonchev–Trinajstić information content (AvgIpc) is 1.85. The molecular formula is C9H20. The first-order valence-corrected chi connectivity index (χ1v) is 4.31. The standard InChI is InChI=1S/C9H20/c1-4-6-8-9(3)7-5-2/h9H,4-8H2,1-3H3. The number of rotatable bonds is 5. The SMILES string of the molecule is CCCCC(C)CCC. The minimum Gasteiger partial charge on any atom is -0.0654 e. The van der Waals surface area contributed by atoms with E-state index in [9.17, 15) is 0 Å². The summed E-state index contributed by atoms with van der Waals surface area (Å²) in [4.78, 5) is 0. The minimum atomic E-state index is 0.968. The molecule has 0 aliphatic carbocycles. The van der Waals surface area contributed by atoms with E-state index in [2.05, 4.69) is 20.8 Å². The summed E-state index contributed by atoms with van der Waals surface area (Å²) in [6.07, 6.45) is 6.98. The second-order valence-corrected chi connectivity index (χ2v) is 3.04. The van der Waals surface area contributed by atoms with Crippen LogP contribution in [0.1, 0.15) is 52.9 Å². The molecule has 0 aliphatic rings. The highest BCUT2D eigenvalue weighted by atomic mass is 14.0. The third kappa shape index (κ3) is 5.88. The quantitative estimate of drug-likeness (QED) is 0.530. The van der Waals surface area contributed by atoms with E-state index in [1.54, 1.807) is 0 Å². The lowest BCUT2D eigenvalue weighted by Gasteiger charge is -2.07. The van der Waals surface area contributed by atoms with Crippen LogP contribution in [0.25, 0.3) is 0 Å². The highest BCUT2D eigenvalue weighted by Gasteiger charge is 1.97. The van der Waals surface area contributed by atoms with Crippen molar-refractivity contribution in [1.29, 1.82) is 0 Å². The van der Waals surface area contributed by atoms with Crippen LogP contribution in [-0.4, -0.2) is 0 Å². The molecule has 0 rings (SSSR count). The third-order valence-electron chi connectivity index (χ3n) is 1.83. The second-order valence-electron chi connectivity index (χ2n) is 3.04. The fourth-order valence-corrected chi connectivity index (χ4v) is 1.19. The molecule has 0 spiro atoms. The molecule has 0 radical (unpaired) electrons. The summed E-state index contributed by atoms with van der Waals surface area (Å²) in [6, 6.07) is 0. The van der Waals surface area contributed by atoms with Crippen LogP contribution in [0, 0.1) is 5.92 Å². The topological polar surface area (TPSA) is 0 Å². The first-order chi connectivity index (χ1) is 4.31. The first kappa shape index (κ1) is 9.00. The van der Waals surface area contributed by atoms with E-state index in [0.717, 1.165) is 5.92 Å². The molecule has 0 heteroatoms. The molecule has 0 fully saturated rings. The maximum absolute atomic E-state index is 2.36. The molecule has 0 nitrogen and oxygen atoms in total. The van der Waals surface area contributed by atoms with E-state index in [0.29, 0.717) is 0 Å². The van der Waals surface area contributed by atoms with Gasteiger partial charge in [0, 0.05) is 0 Å². The second kappa shape index (κ2) is 6.12. The van der Waals surface area contributed by atoms with Gasteiger partial charge in [0.15, 0.2) is 0 Å². The fraction of sp³-hybridized carbons (Fsp3) is 1.00. The molecule has 0 heterocycles. The molecule has 0 aromatic heterocycles. The van der Waals surface area contributed by atoms with Gasteiger partial charge in [0.2, 0.25) is 0 Å². The first-order valence-electron chi connectivity index (χ1n) is 4.31. The van der Waals surface area contributed by atoms with Gasteiger partial charge >= 0.3 is 0 Å². The van der Waals surface area contributed by atoms with E-state index in [4.69, 9.17) is 0 Å². The third-order valence-corrected chi connectivity index (χ3v) is 1.83. The Labute approximate surface area is 59.7 Å². The van der Waals surface area contributed by atoms with Gasteiger partial charge in [-0.15, -0.1) is 0 Å². The van der Waals surface area contributed by atoms with E-state index < -0.39 is 0 Å². The van der Waals surface area contributed by atoms with Crippen molar-refractivity contribution in [2.75, 3.05) is 0 Å². The molecule has 0 bridgehead atoms. The van der Waals surface area contributed by atoms with Gasteiger partial charge in [-0.05, 0) is 5.92 Å². The van der Waals surface area contributed by atoms with E-state index in [1.807, 2.05) is 0 Å². The molecular weight excluding hydrogens is 108 g/mol. The van der Waals surface area contributed by atoms with Crippen LogP contribution < -0.4 is 0 Å². The molecule has 1 unspecified atom stereocenters. The summed E-state index contributed by atoms with van der Waals surface area (Å²) >= 11 is 0. The summed E-state index contributed by atoms with van der Waals surface area (Å²) in [6.45, 7) is 6.89. The Kier molecular flexibility index (Phi) is 6.12. The molecule has 56 valence electrons. The lowest BCUT2D eigenvalue weighted by atomic mass is 10.00. The Hall–Kier alpha value is 0. The zero-order valence-corrected chi connectivity index (χ0v) is 7.11. The molecule has 1 atom stereocenters. The molecule has 0 aromatic rings. The van der Waals surface area contributed by atoms with Gasteiger partial charge in [-0.2, -0.15) is 0 Å². The molecule has 0 saturated carbocycles. The van der Waals surface area contributed by atoms with Crippen molar-refractivity contribution < 1.29 is 0 Å². The van der Waals surface area contributed by atoms with Crippen LogP contribution in [0.4, 0.5) is 0 Å². The van der Waals surface area contributed by atoms with Crippen molar-refractivity contribution in [2.45, 2.75) is 52.9 Å². The van der Waals surface area contributed by atoms with Crippen LogP contribution in [0.15, 0.2) is 0 Å². The summed E-state index contributed by atoms with van der Waals surface area (Å²) in [5.41, 5.74) is 0. The largest absolute Gasteiger partial charge is 0.0654 e. The number of unbranched alkanes of at least 4 members (excludes halogenated alkanes) is 1. The van der Waals surface area contributed by atoms with Gasteiger partial charge in [-0.3, -0.25) is 0 Å². The predicted octanol–water partition coefficient (Wildman–Crippen LogP) is 3.61. The van der Waals surface area contributed by atoms with Crippen LogP contribution >= 0.6 is 0 Å². The predicted molar refractivity (Wildman–Crippen MR) is 43.6 cm³/mol. The van der Waals surface area contributed by atoms with E-state index in [-0.39, 0.29) is 0 Å². The van der Waals surface area contributed by atoms with Gasteiger partial charge < -0.3 is 0 Å². The Bertz CT molecular complexity index is 48.0. The highest BCUT2D eigenvalue weighted by Crippen LogP contribution is 2.12. The maximum atomic E-state index is 2.36. The summed E-state index contributed by atoms with van der Waals surface area (Å²) < 4.78 is 0. The number of hydrogen-bond donors (Lipinski definition) is 0. The van der Waals surface area contributed by atoms with Crippen LogP contribution in [0.2, 0.25) is 0 Å². The number of hydrogen-bond acceptors (Lipinski definition) is 0. The van der Waals surface area contributed by atoms with Crippen molar-refractivity contribution >= 4 is 0 Å². The van der Waals surface area contributed by atoms with Gasteiger partial charge in [0.05, 0.1) is 0 Å². The molecule has 0 aromatic carbocycles. The van der Waals surface area contributed by atoms with Crippen molar-refractivity contribution in [3.63, 3.8) is 0 Å². The Morgan fingerprint density at radius 1 is 1.00 bits per heavy atom. The summed E-state index contributed by atoms with van der Waals surface area (Å²) in [5, 5.41) is 0. The van der Waals surface area contributed by atoms with Crippen molar-refractivity contribution in [3.8, 4) is 0 Å². The molecule has 0 N–H and O–H groups in total. The van der Waals surface area contributed by atoms with Gasteiger partial charge in [-0.25, -0.2) is 0 Å².